The number of carbonyl (C=O) groups is 2. The lowest BCUT2D eigenvalue weighted by molar-refractivity contribution is -0.130. The molecule has 0 atom stereocenters. The summed E-state index contributed by atoms with van der Waals surface area (Å²) in [6.45, 7) is 6.55. The molecule has 0 bridgehead atoms. The van der Waals surface area contributed by atoms with E-state index in [0.29, 0.717) is 37.7 Å². The van der Waals surface area contributed by atoms with Crippen molar-refractivity contribution in [1.29, 1.82) is 0 Å². The molecule has 0 unspecified atom stereocenters. The molecule has 0 radical (unpaired) electrons. The van der Waals surface area contributed by atoms with Gasteiger partial charge in [-0.2, -0.15) is 0 Å². The number of hydrogen-bond acceptors (Lipinski definition) is 3. The summed E-state index contributed by atoms with van der Waals surface area (Å²) >= 11 is 0. The third-order valence-corrected chi connectivity index (χ3v) is 4.04. The zero-order valence-corrected chi connectivity index (χ0v) is 13.6. The van der Waals surface area contributed by atoms with E-state index in [-0.39, 0.29) is 11.8 Å². The summed E-state index contributed by atoms with van der Waals surface area (Å²) in [7, 11) is 0. The summed E-state index contributed by atoms with van der Waals surface area (Å²) in [5, 5.41) is 0. The molecule has 6 heteroatoms. The second kappa shape index (κ2) is 6.40. The van der Waals surface area contributed by atoms with Crippen molar-refractivity contribution < 1.29 is 9.59 Å². The van der Waals surface area contributed by atoms with Gasteiger partial charge in [0.1, 0.15) is 11.3 Å². The Labute approximate surface area is 135 Å². The molecule has 1 fully saturated rings. The summed E-state index contributed by atoms with van der Waals surface area (Å²) < 4.78 is 1.83. The van der Waals surface area contributed by atoms with Gasteiger partial charge in [-0.05, 0) is 18.1 Å². The molecule has 1 aliphatic heterocycles. The van der Waals surface area contributed by atoms with Crippen LogP contribution < -0.4 is 0 Å². The molecule has 2 amide bonds. The summed E-state index contributed by atoms with van der Waals surface area (Å²) in [6, 6.07) is 5.66. The average molecular weight is 314 g/mol. The number of imidazole rings is 1. The van der Waals surface area contributed by atoms with E-state index in [1.807, 2.05) is 33.7 Å². The van der Waals surface area contributed by atoms with Gasteiger partial charge in [0.05, 0.1) is 0 Å². The van der Waals surface area contributed by atoms with Gasteiger partial charge in [0, 0.05) is 45.0 Å². The maximum atomic E-state index is 12.7. The normalized spacial score (nSPS) is 16.2. The SMILES string of the molecule is CC(C)CN1CCN(C(=O)c2cn3ccccc3n2)CCC1=O. The number of pyridine rings is 1. The Morgan fingerprint density at radius 1 is 1.26 bits per heavy atom. The number of fused-ring (bicyclic) bond motifs is 1. The number of carbonyl (C=O) groups excluding carboxylic acids is 2. The lowest BCUT2D eigenvalue weighted by Gasteiger charge is -2.23. The van der Waals surface area contributed by atoms with E-state index in [4.69, 9.17) is 0 Å². The van der Waals surface area contributed by atoms with Crippen LogP contribution in [-0.4, -0.2) is 57.2 Å². The predicted molar refractivity (Wildman–Crippen MR) is 87.1 cm³/mol. The number of aromatic nitrogens is 2. The molecule has 2 aromatic rings. The minimum Gasteiger partial charge on any atom is -0.341 e. The first-order valence-electron chi connectivity index (χ1n) is 8.05. The highest BCUT2D eigenvalue weighted by Gasteiger charge is 2.26. The van der Waals surface area contributed by atoms with Crippen molar-refractivity contribution in [1.82, 2.24) is 19.2 Å². The van der Waals surface area contributed by atoms with Crippen molar-refractivity contribution in [2.24, 2.45) is 5.92 Å². The molecule has 0 saturated carbocycles. The van der Waals surface area contributed by atoms with Gasteiger partial charge in [-0.25, -0.2) is 4.98 Å². The van der Waals surface area contributed by atoms with Gasteiger partial charge in [-0.3, -0.25) is 9.59 Å². The molecule has 1 aliphatic rings. The van der Waals surface area contributed by atoms with Crippen LogP contribution in [0.1, 0.15) is 30.8 Å². The van der Waals surface area contributed by atoms with Gasteiger partial charge in [-0.15, -0.1) is 0 Å². The maximum absolute atomic E-state index is 12.7. The first-order chi connectivity index (χ1) is 11.0. The van der Waals surface area contributed by atoms with E-state index in [1.54, 1.807) is 11.1 Å². The molecule has 0 N–H and O–H groups in total. The van der Waals surface area contributed by atoms with Crippen LogP contribution >= 0.6 is 0 Å². The van der Waals surface area contributed by atoms with Crippen LogP contribution in [0.4, 0.5) is 0 Å². The smallest absolute Gasteiger partial charge is 0.274 e. The first kappa shape index (κ1) is 15.5. The van der Waals surface area contributed by atoms with E-state index in [9.17, 15) is 9.59 Å². The molecule has 0 aliphatic carbocycles. The second-order valence-electron chi connectivity index (χ2n) is 6.37. The van der Waals surface area contributed by atoms with E-state index < -0.39 is 0 Å². The van der Waals surface area contributed by atoms with Gasteiger partial charge in [0.15, 0.2) is 0 Å². The Kier molecular flexibility index (Phi) is 4.32. The number of rotatable bonds is 3. The van der Waals surface area contributed by atoms with Gasteiger partial charge in [0.25, 0.3) is 5.91 Å². The zero-order chi connectivity index (χ0) is 16.4. The summed E-state index contributed by atoms with van der Waals surface area (Å²) in [6.07, 6.45) is 4.00. The Morgan fingerprint density at radius 2 is 2.09 bits per heavy atom. The van der Waals surface area contributed by atoms with Crippen molar-refractivity contribution in [2.75, 3.05) is 26.2 Å². The fraction of sp³-hybridized carbons (Fsp3) is 0.471. The maximum Gasteiger partial charge on any atom is 0.274 e. The van der Waals surface area contributed by atoms with Crippen LogP contribution in [0, 0.1) is 5.92 Å². The third kappa shape index (κ3) is 3.36. The van der Waals surface area contributed by atoms with Crippen LogP contribution in [0.5, 0.6) is 0 Å². The lowest BCUT2D eigenvalue weighted by Crippen LogP contribution is -2.37. The lowest BCUT2D eigenvalue weighted by atomic mass is 10.2. The van der Waals surface area contributed by atoms with E-state index in [1.165, 1.54) is 0 Å². The predicted octanol–water partition coefficient (Wildman–Crippen LogP) is 1.66. The highest BCUT2D eigenvalue weighted by molar-refractivity contribution is 5.93. The fourth-order valence-corrected chi connectivity index (χ4v) is 2.90. The van der Waals surface area contributed by atoms with E-state index >= 15 is 0 Å². The van der Waals surface area contributed by atoms with Gasteiger partial charge >= 0.3 is 0 Å². The number of hydrogen-bond donors (Lipinski definition) is 0. The fourth-order valence-electron chi connectivity index (χ4n) is 2.90. The summed E-state index contributed by atoms with van der Waals surface area (Å²) in [4.78, 5) is 32.8. The molecule has 3 rings (SSSR count). The molecular formula is C17H22N4O2. The highest BCUT2D eigenvalue weighted by atomic mass is 16.2. The average Bonchev–Trinajstić information content (AvgIpc) is 2.88. The number of amides is 2. The van der Waals surface area contributed by atoms with Crippen molar-refractivity contribution in [3.05, 3.63) is 36.3 Å². The van der Waals surface area contributed by atoms with Crippen molar-refractivity contribution in [3.8, 4) is 0 Å². The van der Waals surface area contributed by atoms with Crippen LogP contribution in [0.3, 0.4) is 0 Å². The molecule has 2 aromatic heterocycles. The molecular weight excluding hydrogens is 292 g/mol. The first-order valence-corrected chi connectivity index (χ1v) is 8.05. The second-order valence-corrected chi connectivity index (χ2v) is 6.37. The van der Waals surface area contributed by atoms with Crippen molar-refractivity contribution in [2.45, 2.75) is 20.3 Å². The van der Waals surface area contributed by atoms with Crippen molar-refractivity contribution in [3.63, 3.8) is 0 Å². The van der Waals surface area contributed by atoms with Crippen LogP contribution in [0.25, 0.3) is 5.65 Å². The highest BCUT2D eigenvalue weighted by Crippen LogP contribution is 2.12. The van der Waals surface area contributed by atoms with Crippen molar-refractivity contribution >= 4 is 17.5 Å². The van der Waals surface area contributed by atoms with E-state index in [0.717, 1.165) is 12.2 Å². The minimum absolute atomic E-state index is 0.104. The third-order valence-electron chi connectivity index (χ3n) is 4.04. The summed E-state index contributed by atoms with van der Waals surface area (Å²) in [5.74, 6) is 0.455. The zero-order valence-electron chi connectivity index (χ0n) is 13.6. The number of nitrogens with zero attached hydrogens (tertiary/aromatic N) is 4. The van der Waals surface area contributed by atoms with Crippen LogP contribution in [0.2, 0.25) is 0 Å². The Balaban J connectivity index is 1.73. The molecule has 0 spiro atoms. The molecule has 3 heterocycles. The topological polar surface area (TPSA) is 57.9 Å². The molecule has 23 heavy (non-hydrogen) atoms. The molecule has 122 valence electrons. The standard InChI is InChI=1S/C17H22N4O2/c1-13(2)11-21-10-9-19(8-6-16(21)22)17(23)14-12-20-7-4-3-5-15(20)18-14/h3-5,7,12-13H,6,8-11H2,1-2H3. The molecule has 1 saturated heterocycles. The van der Waals surface area contributed by atoms with Crippen LogP contribution in [0.15, 0.2) is 30.6 Å². The molecule has 0 aromatic carbocycles. The monoisotopic (exact) mass is 314 g/mol. The van der Waals surface area contributed by atoms with Gasteiger partial charge in [-0.1, -0.05) is 19.9 Å². The van der Waals surface area contributed by atoms with E-state index in [2.05, 4.69) is 18.8 Å². The largest absolute Gasteiger partial charge is 0.341 e. The van der Waals surface area contributed by atoms with Crippen LogP contribution in [-0.2, 0) is 4.79 Å². The van der Waals surface area contributed by atoms with Gasteiger partial charge < -0.3 is 14.2 Å². The Morgan fingerprint density at radius 3 is 2.83 bits per heavy atom. The summed E-state index contributed by atoms with van der Waals surface area (Å²) in [5.41, 5.74) is 1.18. The van der Waals surface area contributed by atoms with Gasteiger partial charge in [0.2, 0.25) is 5.91 Å². The minimum atomic E-state index is -0.104. The Bertz CT molecular complexity index is 689. The quantitative estimate of drug-likeness (QED) is 0.866. The molecule has 6 nitrogen and oxygen atoms in total. The Hall–Kier alpha value is -2.37.